The largest absolute Gasteiger partial charge is 0.466 e. The van der Waals surface area contributed by atoms with Crippen LogP contribution in [0.15, 0.2) is 46.8 Å². The second kappa shape index (κ2) is 7.16. The molecule has 0 radical (unpaired) electrons. The molecule has 0 spiro atoms. The van der Waals surface area contributed by atoms with Crippen molar-refractivity contribution in [1.29, 1.82) is 0 Å². The zero-order valence-corrected chi connectivity index (χ0v) is 14.3. The van der Waals surface area contributed by atoms with Crippen molar-refractivity contribution in [3.63, 3.8) is 0 Å². The van der Waals surface area contributed by atoms with Gasteiger partial charge in [0.05, 0.1) is 36.2 Å². The first-order chi connectivity index (χ1) is 11.8. The second-order valence-electron chi connectivity index (χ2n) is 5.43. The van der Waals surface area contributed by atoms with E-state index in [9.17, 15) is 19.7 Å². The Morgan fingerprint density at radius 3 is 1.96 bits per heavy atom. The van der Waals surface area contributed by atoms with Gasteiger partial charge in [-0.05, 0) is 13.8 Å². The Kier molecular flexibility index (Phi) is 5.21. The Balaban J connectivity index is 2.80. The van der Waals surface area contributed by atoms with Crippen LogP contribution in [-0.4, -0.2) is 31.1 Å². The fourth-order valence-electron chi connectivity index (χ4n) is 2.96. The molecule has 0 fully saturated rings. The molecule has 0 atom stereocenters. The van der Waals surface area contributed by atoms with Gasteiger partial charge in [0, 0.05) is 23.0 Å². The summed E-state index contributed by atoms with van der Waals surface area (Å²) in [6.45, 7) is 3.29. The van der Waals surface area contributed by atoms with Gasteiger partial charge in [-0.3, -0.25) is 10.1 Å². The predicted octanol–water partition coefficient (Wildman–Crippen LogP) is 2.18. The van der Waals surface area contributed by atoms with Crippen molar-refractivity contribution >= 4 is 17.6 Å². The first-order valence-electron chi connectivity index (χ1n) is 7.42. The highest BCUT2D eigenvalue weighted by molar-refractivity contribution is 6.00. The van der Waals surface area contributed by atoms with Crippen LogP contribution < -0.4 is 5.32 Å². The monoisotopic (exact) mass is 348 g/mol. The standard InChI is InChI=1S/C17H18N2O6/c1-9-13(16(20)24-3)15(14(10(2)18-9)17(21)25-4)11-7-5-6-8-12(11)19(22)23/h5-8,15,18H,1-4H3/i3+1,4+1. The summed E-state index contributed by atoms with van der Waals surface area (Å²) < 4.78 is 9.66. The zero-order valence-electron chi connectivity index (χ0n) is 14.3. The van der Waals surface area contributed by atoms with E-state index in [1.54, 1.807) is 19.9 Å². The Bertz CT molecular complexity index is 771. The number of methoxy groups -OCH3 is 2. The molecule has 0 saturated heterocycles. The van der Waals surface area contributed by atoms with Crippen molar-refractivity contribution in [3.05, 3.63) is 62.5 Å². The number of carbonyl (C=O) groups excluding carboxylic acids is 2. The van der Waals surface area contributed by atoms with Crippen LogP contribution in [0.4, 0.5) is 5.69 Å². The molecule has 25 heavy (non-hydrogen) atoms. The summed E-state index contributed by atoms with van der Waals surface area (Å²) in [5.41, 5.74) is 1.19. The van der Waals surface area contributed by atoms with Crippen molar-refractivity contribution in [3.8, 4) is 0 Å². The van der Waals surface area contributed by atoms with Gasteiger partial charge < -0.3 is 14.8 Å². The van der Waals surface area contributed by atoms with Gasteiger partial charge in [-0.25, -0.2) is 9.59 Å². The second-order valence-corrected chi connectivity index (χ2v) is 5.43. The fourth-order valence-corrected chi connectivity index (χ4v) is 2.96. The van der Waals surface area contributed by atoms with Gasteiger partial charge in [0.1, 0.15) is 0 Å². The Hall–Kier alpha value is -3.16. The highest BCUT2D eigenvalue weighted by Gasteiger charge is 2.40. The Morgan fingerprint density at radius 2 is 1.52 bits per heavy atom. The molecule has 8 heteroatoms. The maximum absolute atomic E-state index is 12.3. The molecule has 1 aliphatic rings. The van der Waals surface area contributed by atoms with E-state index in [-0.39, 0.29) is 22.4 Å². The number of ether oxygens (including phenoxy) is 2. The molecule has 1 N–H and O–H groups in total. The van der Waals surface area contributed by atoms with Gasteiger partial charge >= 0.3 is 11.9 Å². The van der Waals surface area contributed by atoms with Crippen molar-refractivity contribution in [2.24, 2.45) is 0 Å². The van der Waals surface area contributed by atoms with Crippen molar-refractivity contribution < 1.29 is 24.0 Å². The number of nitro groups is 1. The minimum Gasteiger partial charge on any atom is -0.466 e. The molecule has 0 unspecified atom stereocenters. The normalized spacial score (nSPS) is 14.9. The van der Waals surface area contributed by atoms with Crippen LogP contribution in [-0.2, 0) is 19.1 Å². The molecular weight excluding hydrogens is 330 g/mol. The average Bonchev–Trinajstić information content (AvgIpc) is 2.59. The van der Waals surface area contributed by atoms with E-state index in [2.05, 4.69) is 5.32 Å². The van der Waals surface area contributed by atoms with Gasteiger partial charge in [0.25, 0.3) is 5.69 Å². The third-order valence-electron chi connectivity index (χ3n) is 4.02. The van der Waals surface area contributed by atoms with Crippen LogP contribution in [0.25, 0.3) is 0 Å². The third kappa shape index (κ3) is 3.23. The lowest BCUT2D eigenvalue weighted by Crippen LogP contribution is -2.32. The molecule has 1 aromatic carbocycles. The Morgan fingerprint density at radius 1 is 1.04 bits per heavy atom. The van der Waals surface area contributed by atoms with Crippen molar-refractivity contribution in [2.45, 2.75) is 19.8 Å². The van der Waals surface area contributed by atoms with Gasteiger partial charge in [-0.15, -0.1) is 0 Å². The molecule has 8 nitrogen and oxygen atoms in total. The van der Waals surface area contributed by atoms with E-state index >= 15 is 0 Å². The van der Waals surface area contributed by atoms with E-state index < -0.39 is 22.8 Å². The van der Waals surface area contributed by atoms with Crippen LogP contribution in [0, 0.1) is 10.1 Å². The lowest BCUT2D eigenvalue weighted by molar-refractivity contribution is -0.385. The quantitative estimate of drug-likeness (QED) is 0.384. The number of hydrogen-bond donors (Lipinski definition) is 1. The molecule has 0 aliphatic carbocycles. The number of carbonyl (C=O) groups is 2. The van der Waals surface area contributed by atoms with Crippen LogP contribution in [0.1, 0.15) is 25.3 Å². The molecule has 0 saturated carbocycles. The van der Waals surface area contributed by atoms with Gasteiger partial charge in [0.2, 0.25) is 0 Å². The lowest BCUT2D eigenvalue weighted by Gasteiger charge is -2.29. The molecule has 1 aromatic rings. The summed E-state index contributed by atoms with van der Waals surface area (Å²) in [7, 11) is 2.42. The molecule has 1 heterocycles. The number of nitrogens with one attached hydrogen (secondary N) is 1. The number of benzene rings is 1. The maximum Gasteiger partial charge on any atom is 0.336 e. The lowest BCUT2D eigenvalue weighted by atomic mass is 9.79. The van der Waals surface area contributed by atoms with Crippen LogP contribution in [0.2, 0.25) is 0 Å². The fraction of sp³-hybridized carbons (Fsp3) is 0.294. The number of nitrogens with zero attached hydrogens (tertiary/aromatic N) is 1. The summed E-state index contributed by atoms with van der Waals surface area (Å²) in [6.07, 6.45) is 0. The Labute approximate surface area is 144 Å². The number of esters is 2. The molecule has 0 amide bonds. The SMILES string of the molecule is CC1=C(C(=O)O[13CH3])C(c2ccccc2[N+](=O)[O-])C(C(=O)O[13CH3])=C(C)N1. The summed E-state index contributed by atoms with van der Waals surface area (Å²) in [6, 6.07) is 5.97. The molecular formula is C17H18N2O6. The smallest absolute Gasteiger partial charge is 0.336 e. The van der Waals surface area contributed by atoms with Crippen LogP contribution in [0.3, 0.4) is 0 Å². The van der Waals surface area contributed by atoms with E-state index in [1.165, 1.54) is 32.4 Å². The first kappa shape index (κ1) is 18.2. The van der Waals surface area contributed by atoms with E-state index in [1.807, 2.05) is 0 Å². The van der Waals surface area contributed by atoms with Gasteiger partial charge in [0.15, 0.2) is 0 Å². The molecule has 132 valence electrons. The predicted molar refractivity (Wildman–Crippen MR) is 88.4 cm³/mol. The summed E-state index contributed by atoms with van der Waals surface area (Å²) in [5, 5.41) is 14.4. The van der Waals surface area contributed by atoms with Gasteiger partial charge in [-0.2, -0.15) is 0 Å². The van der Waals surface area contributed by atoms with Crippen molar-refractivity contribution in [1.82, 2.24) is 5.32 Å². The summed E-state index contributed by atoms with van der Waals surface area (Å²) in [4.78, 5) is 35.6. The number of dihydropyridines is 1. The number of hydrogen-bond acceptors (Lipinski definition) is 7. The average molecular weight is 348 g/mol. The van der Waals surface area contributed by atoms with Crippen LogP contribution >= 0.6 is 0 Å². The molecule has 2 rings (SSSR count). The topological polar surface area (TPSA) is 108 Å². The first-order valence-corrected chi connectivity index (χ1v) is 7.42. The number of nitro benzene ring substituents is 1. The summed E-state index contributed by atoms with van der Waals surface area (Å²) in [5.74, 6) is -2.33. The maximum atomic E-state index is 12.3. The van der Waals surface area contributed by atoms with E-state index in [4.69, 9.17) is 9.47 Å². The minimum atomic E-state index is -0.970. The minimum absolute atomic E-state index is 0.128. The zero-order chi connectivity index (χ0) is 18.7. The highest BCUT2D eigenvalue weighted by Crippen LogP contribution is 2.42. The molecule has 0 aromatic heterocycles. The van der Waals surface area contributed by atoms with E-state index in [0.29, 0.717) is 11.4 Å². The molecule has 0 bridgehead atoms. The number of rotatable bonds is 4. The highest BCUT2D eigenvalue weighted by atomic mass is 16.6. The summed E-state index contributed by atoms with van der Waals surface area (Å²) >= 11 is 0. The third-order valence-corrected chi connectivity index (χ3v) is 4.02. The number of allylic oxidation sites excluding steroid dienone is 2. The van der Waals surface area contributed by atoms with Crippen LogP contribution in [0.5, 0.6) is 0 Å². The molecule has 1 aliphatic heterocycles. The van der Waals surface area contributed by atoms with Gasteiger partial charge in [-0.1, -0.05) is 18.2 Å². The number of para-hydroxylation sites is 1. The van der Waals surface area contributed by atoms with Crippen molar-refractivity contribution in [2.75, 3.05) is 14.2 Å². The van der Waals surface area contributed by atoms with E-state index in [0.717, 1.165) is 0 Å².